The van der Waals surface area contributed by atoms with Gasteiger partial charge in [0.1, 0.15) is 0 Å². The molecule has 4 nitrogen and oxygen atoms in total. The van der Waals surface area contributed by atoms with Crippen LogP contribution in [0.15, 0.2) is 0 Å². The molecule has 0 fully saturated rings. The topological polar surface area (TPSA) is 49.8 Å². The molecule has 0 saturated heterocycles. The lowest BCUT2D eigenvalue weighted by atomic mass is 9.93. The highest BCUT2D eigenvalue weighted by atomic mass is 16.5. The lowest BCUT2D eigenvalue weighted by molar-refractivity contribution is -0.151. The van der Waals surface area contributed by atoms with E-state index in [1.165, 1.54) is 7.11 Å². The average molecular weight is 217 g/mol. The number of esters is 1. The largest absolute Gasteiger partial charge is 0.469 e. The van der Waals surface area contributed by atoms with Gasteiger partial charge in [0.15, 0.2) is 0 Å². The van der Waals surface area contributed by atoms with Crippen LogP contribution in [-0.2, 0) is 9.53 Å². The van der Waals surface area contributed by atoms with Crippen molar-refractivity contribution in [3.05, 3.63) is 0 Å². The second-order valence-electron chi connectivity index (χ2n) is 4.32. The van der Waals surface area contributed by atoms with Crippen LogP contribution < -0.4 is 0 Å². The minimum Gasteiger partial charge on any atom is -0.469 e. The Morgan fingerprint density at radius 3 is 2.47 bits per heavy atom. The molecule has 0 saturated carbocycles. The molecule has 0 radical (unpaired) electrons. The number of rotatable bonds is 7. The zero-order chi connectivity index (χ0) is 11.9. The van der Waals surface area contributed by atoms with E-state index in [-0.39, 0.29) is 12.6 Å². The van der Waals surface area contributed by atoms with Crippen LogP contribution in [0.4, 0.5) is 0 Å². The van der Waals surface area contributed by atoms with Gasteiger partial charge in [-0.1, -0.05) is 6.92 Å². The lowest BCUT2D eigenvalue weighted by Crippen LogP contribution is -2.40. The third-order valence-corrected chi connectivity index (χ3v) is 2.44. The van der Waals surface area contributed by atoms with Crippen molar-refractivity contribution >= 4 is 5.97 Å². The minimum absolute atomic E-state index is 0.190. The second kappa shape index (κ2) is 6.80. The summed E-state index contributed by atoms with van der Waals surface area (Å²) in [5, 5.41) is 8.75. The Morgan fingerprint density at radius 1 is 1.47 bits per heavy atom. The van der Waals surface area contributed by atoms with Gasteiger partial charge >= 0.3 is 5.97 Å². The van der Waals surface area contributed by atoms with Crippen molar-refractivity contribution in [1.29, 1.82) is 0 Å². The molecule has 0 aromatic heterocycles. The predicted octanol–water partition coefficient (Wildman–Crippen LogP) is 0.890. The van der Waals surface area contributed by atoms with E-state index < -0.39 is 5.41 Å². The van der Waals surface area contributed by atoms with Crippen LogP contribution in [0.1, 0.15) is 27.2 Å². The Labute approximate surface area is 92.2 Å². The molecule has 90 valence electrons. The maximum atomic E-state index is 11.5. The Balaban J connectivity index is 4.20. The first-order chi connectivity index (χ1) is 6.97. The van der Waals surface area contributed by atoms with E-state index in [9.17, 15) is 4.79 Å². The number of carbonyl (C=O) groups is 1. The molecule has 0 heterocycles. The number of aliphatic hydroxyl groups is 1. The summed E-state index contributed by atoms with van der Waals surface area (Å²) in [7, 11) is 1.41. The van der Waals surface area contributed by atoms with Gasteiger partial charge in [-0.05, 0) is 26.8 Å². The van der Waals surface area contributed by atoms with Crippen LogP contribution in [0.2, 0.25) is 0 Å². The van der Waals surface area contributed by atoms with Crippen LogP contribution in [0.25, 0.3) is 0 Å². The SMILES string of the molecule is CCN(CCCO)CC(C)(C)C(=O)OC. The third kappa shape index (κ3) is 5.14. The maximum absolute atomic E-state index is 11.5. The molecule has 15 heavy (non-hydrogen) atoms. The smallest absolute Gasteiger partial charge is 0.312 e. The quantitative estimate of drug-likeness (QED) is 0.643. The Bertz CT molecular complexity index is 192. The van der Waals surface area contributed by atoms with E-state index in [2.05, 4.69) is 4.90 Å². The number of hydrogen-bond acceptors (Lipinski definition) is 4. The molecular formula is C11H23NO3. The number of aliphatic hydroxyl groups excluding tert-OH is 1. The molecule has 0 aromatic rings. The van der Waals surface area contributed by atoms with Gasteiger partial charge in [-0.2, -0.15) is 0 Å². The van der Waals surface area contributed by atoms with Gasteiger partial charge in [-0.15, -0.1) is 0 Å². The van der Waals surface area contributed by atoms with E-state index in [4.69, 9.17) is 9.84 Å². The summed E-state index contributed by atoms with van der Waals surface area (Å²) in [5.41, 5.74) is -0.486. The average Bonchev–Trinajstić information content (AvgIpc) is 2.22. The van der Waals surface area contributed by atoms with Gasteiger partial charge in [0.25, 0.3) is 0 Å². The molecule has 0 bridgehead atoms. The molecule has 0 aromatic carbocycles. The van der Waals surface area contributed by atoms with Crippen molar-refractivity contribution in [3.8, 4) is 0 Å². The number of ether oxygens (including phenoxy) is 1. The fraction of sp³-hybridized carbons (Fsp3) is 0.909. The van der Waals surface area contributed by atoms with Gasteiger partial charge in [0.05, 0.1) is 12.5 Å². The van der Waals surface area contributed by atoms with E-state index in [1.54, 1.807) is 0 Å². The first-order valence-electron chi connectivity index (χ1n) is 5.39. The van der Waals surface area contributed by atoms with Crippen LogP contribution in [0.3, 0.4) is 0 Å². The number of hydrogen-bond donors (Lipinski definition) is 1. The Hall–Kier alpha value is -0.610. The zero-order valence-corrected chi connectivity index (χ0v) is 10.2. The fourth-order valence-electron chi connectivity index (χ4n) is 1.54. The van der Waals surface area contributed by atoms with Crippen molar-refractivity contribution < 1.29 is 14.6 Å². The molecule has 0 aliphatic carbocycles. The van der Waals surface area contributed by atoms with Crippen LogP contribution in [-0.4, -0.2) is 49.3 Å². The summed E-state index contributed by atoms with van der Waals surface area (Å²) in [4.78, 5) is 13.6. The molecule has 0 unspecified atom stereocenters. The first-order valence-corrected chi connectivity index (χ1v) is 5.39. The van der Waals surface area contributed by atoms with Crippen molar-refractivity contribution in [2.24, 2.45) is 5.41 Å². The molecule has 0 aliphatic heterocycles. The number of methoxy groups -OCH3 is 1. The number of nitrogens with zero attached hydrogens (tertiary/aromatic N) is 1. The highest BCUT2D eigenvalue weighted by Gasteiger charge is 2.30. The summed E-state index contributed by atoms with van der Waals surface area (Å²) < 4.78 is 4.75. The summed E-state index contributed by atoms with van der Waals surface area (Å²) in [6, 6.07) is 0. The summed E-state index contributed by atoms with van der Waals surface area (Å²) >= 11 is 0. The highest BCUT2D eigenvalue weighted by Crippen LogP contribution is 2.18. The van der Waals surface area contributed by atoms with E-state index in [0.29, 0.717) is 6.54 Å². The lowest BCUT2D eigenvalue weighted by Gasteiger charge is -2.29. The zero-order valence-electron chi connectivity index (χ0n) is 10.2. The molecule has 1 N–H and O–H groups in total. The molecule has 0 amide bonds. The molecule has 0 atom stereocenters. The van der Waals surface area contributed by atoms with Crippen molar-refractivity contribution in [2.75, 3.05) is 33.4 Å². The Kier molecular flexibility index (Phi) is 6.52. The standard InChI is InChI=1S/C11H23NO3/c1-5-12(7-6-8-13)9-11(2,3)10(14)15-4/h13H,5-9H2,1-4H3. The summed E-state index contributed by atoms with van der Waals surface area (Å²) in [6.07, 6.45) is 0.741. The van der Waals surface area contributed by atoms with Crippen LogP contribution >= 0.6 is 0 Å². The van der Waals surface area contributed by atoms with Crippen molar-refractivity contribution in [3.63, 3.8) is 0 Å². The molecule has 0 spiro atoms. The van der Waals surface area contributed by atoms with Crippen molar-refractivity contribution in [1.82, 2.24) is 4.90 Å². The molecular weight excluding hydrogens is 194 g/mol. The third-order valence-electron chi connectivity index (χ3n) is 2.44. The molecule has 0 rings (SSSR count). The van der Waals surface area contributed by atoms with Gasteiger partial charge < -0.3 is 14.7 Å². The van der Waals surface area contributed by atoms with Gasteiger partial charge in [-0.25, -0.2) is 0 Å². The van der Waals surface area contributed by atoms with Gasteiger partial charge in [0.2, 0.25) is 0 Å². The van der Waals surface area contributed by atoms with Gasteiger partial charge in [-0.3, -0.25) is 4.79 Å². The van der Waals surface area contributed by atoms with Crippen LogP contribution in [0, 0.1) is 5.41 Å². The van der Waals surface area contributed by atoms with Gasteiger partial charge in [0, 0.05) is 19.7 Å². The first kappa shape index (κ1) is 14.4. The minimum atomic E-state index is -0.486. The predicted molar refractivity (Wildman–Crippen MR) is 59.6 cm³/mol. The highest BCUT2D eigenvalue weighted by molar-refractivity contribution is 5.76. The second-order valence-corrected chi connectivity index (χ2v) is 4.32. The molecule has 0 aliphatic rings. The van der Waals surface area contributed by atoms with E-state index in [0.717, 1.165) is 19.5 Å². The normalized spacial score (nSPS) is 11.9. The number of carbonyl (C=O) groups excluding carboxylic acids is 1. The van der Waals surface area contributed by atoms with E-state index >= 15 is 0 Å². The summed E-state index contributed by atoms with van der Waals surface area (Å²) in [6.45, 7) is 8.34. The van der Waals surface area contributed by atoms with E-state index in [1.807, 2.05) is 20.8 Å². The van der Waals surface area contributed by atoms with Crippen molar-refractivity contribution in [2.45, 2.75) is 27.2 Å². The monoisotopic (exact) mass is 217 g/mol. The van der Waals surface area contributed by atoms with Crippen LogP contribution in [0.5, 0.6) is 0 Å². The molecule has 4 heteroatoms. The summed E-state index contributed by atoms with van der Waals surface area (Å²) in [5.74, 6) is -0.190. The Morgan fingerprint density at radius 2 is 2.07 bits per heavy atom. The maximum Gasteiger partial charge on any atom is 0.312 e. The fourth-order valence-corrected chi connectivity index (χ4v) is 1.54.